The minimum absolute atomic E-state index is 0.204. The molecule has 0 unspecified atom stereocenters. The minimum atomic E-state index is -1.20. The van der Waals surface area contributed by atoms with Crippen LogP contribution in [-0.4, -0.2) is 30.1 Å². The second-order valence-corrected chi connectivity index (χ2v) is 5.34. The Kier molecular flexibility index (Phi) is 2.46. The summed E-state index contributed by atoms with van der Waals surface area (Å²) in [4.78, 5) is 11.5. The van der Waals surface area contributed by atoms with Crippen molar-refractivity contribution in [3.05, 3.63) is 21.1 Å². The van der Waals surface area contributed by atoms with Crippen LogP contribution < -0.4 is 0 Å². The van der Waals surface area contributed by atoms with E-state index in [0.29, 0.717) is 38.0 Å². The lowest BCUT2D eigenvalue weighted by atomic mass is 9.92. The summed E-state index contributed by atoms with van der Waals surface area (Å²) in [6.45, 7) is 1.04. The zero-order valence-corrected chi connectivity index (χ0v) is 9.81. The molecular weight excluding hydrogens is 247 g/mol. The molecule has 0 atom stereocenters. The molecule has 6 heteroatoms. The predicted molar refractivity (Wildman–Crippen MR) is 57.9 cm³/mol. The Labute approximate surface area is 101 Å². The van der Waals surface area contributed by atoms with Crippen LogP contribution in [-0.2, 0) is 22.3 Å². The Balaban J connectivity index is 1.99. The molecular formula is C11H11FO4S. The van der Waals surface area contributed by atoms with Crippen LogP contribution in [0.25, 0.3) is 0 Å². The van der Waals surface area contributed by atoms with Crippen LogP contribution in [0.15, 0.2) is 0 Å². The van der Waals surface area contributed by atoms with Crippen LogP contribution in [0.1, 0.15) is 26.5 Å². The van der Waals surface area contributed by atoms with Crippen molar-refractivity contribution in [3.63, 3.8) is 0 Å². The number of carboxylic acid groups (broad SMARTS) is 1. The van der Waals surface area contributed by atoms with Crippen LogP contribution in [0.5, 0.6) is 0 Å². The molecule has 1 aliphatic carbocycles. The standard InChI is InChI=1S/C11H11FO4S/c12-8-6-5-11(15-3-4-16-11)2-1-7(6)17-9(8)10(13)14/h1-5H2,(H,13,14). The average Bonchev–Trinajstić information content (AvgIpc) is 2.86. The van der Waals surface area contributed by atoms with Crippen LogP contribution in [0.3, 0.4) is 0 Å². The number of carboxylic acids is 1. The van der Waals surface area contributed by atoms with Gasteiger partial charge in [-0.15, -0.1) is 11.3 Å². The first-order valence-electron chi connectivity index (χ1n) is 5.42. The molecule has 1 spiro atoms. The quantitative estimate of drug-likeness (QED) is 0.834. The highest BCUT2D eigenvalue weighted by Gasteiger charge is 2.42. The van der Waals surface area contributed by atoms with E-state index in [2.05, 4.69) is 0 Å². The molecule has 0 amide bonds. The molecule has 1 fully saturated rings. The van der Waals surface area contributed by atoms with Crippen LogP contribution in [0, 0.1) is 5.82 Å². The third-order valence-electron chi connectivity index (χ3n) is 3.21. The average molecular weight is 258 g/mol. The van der Waals surface area contributed by atoms with Crippen molar-refractivity contribution in [1.82, 2.24) is 0 Å². The van der Waals surface area contributed by atoms with Crippen molar-refractivity contribution in [3.8, 4) is 0 Å². The van der Waals surface area contributed by atoms with Crippen LogP contribution in [0.4, 0.5) is 4.39 Å². The molecule has 92 valence electrons. The van der Waals surface area contributed by atoms with Crippen molar-refractivity contribution in [2.45, 2.75) is 25.0 Å². The highest BCUT2D eigenvalue weighted by atomic mass is 32.1. The molecule has 3 rings (SSSR count). The largest absolute Gasteiger partial charge is 0.477 e. The van der Waals surface area contributed by atoms with Crippen molar-refractivity contribution in [2.24, 2.45) is 0 Å². The van der Waals surface area contributed by atoms with Gasteiger partial charge in [0.1, 0.15) is 4.88 Å². The van der Waals surface area contributed by atoms with E-state index in [1.54, 1.807) is 0 Å². The van der Waals surface area contributed by atoms with Crippen LogP contribution in [0.2, 0.25) is 0 Å². The summed E-state index contributed by atoms with van der Waals surface area (Å²) < 4.78 is 25.0. The summed E-state index contributed by atoms with van der Waals surface area (Å²) in [5.74, 6) is -2.54. The summed E-state index contributed by atoms with van der Waals surface area (Å²) in [6.07, 6.45) is 1.60. The Morgan fingerprint density at radius 3 is 2.76 bits per heavy atom. The molecule has 0 radical (unpaired) electrons. The first kappa shape index (κ1) is 11.1. The van der Waals surface area contributed by atoms with E-state index in [1.807, 2.05) is 0 Å². The zero-order chi connectivity index (χ0) is 12.0. The van der Waals surface area contributed by atoms with E-state index in [9.17, 15) is 9.18 Å². The number of hydrogen-bond donors (Lipinski definition) is 1. The lowest BCUT2D eigenvalue weighted by molar-refractivity contribution is -0.163. The Bertz CT molecular complexity index is 476. The van der Waals surface area contributed by atoms with Gasteiger partial charge in [0.2, 0.25) is 0 Å². The lowest BCUT2D eigenvalue weighted by Gasteiger charge is -2.31. The normalized spacial score (nSPS) is 21.7. The van der Waals surface area contributed by atoms with Gasteiger partial charge in [-0.05, 0) is 6.42 Å². The number of hydrogen-bond acceptors (Lipinski definition) is 4. The molecule has 0 aromatic carbocycles. The number of aromatic carboxylic acids is 1. The second kappa shape index (κ2) is 3.76. The molecule has 1 aromatic heterocycles. The number of rotatable bonds is 1. The molecule has 1 saturated heterocycles. The Morgan fingerprint density at radius 2 is 2.12 bits per heavy atom. The van der Waals surface area contributed by atoms with Gasteiger partial charge >= 0.3 is 5.97 Å². The maximum atomic E-state index is 13.9. The summed E-state index contributed by atoms with van der Waals surface area (Å²) in [7, 11) is 0. The maximum Gasteiger partial charge on any atom is 0.348 e. The van der Waals surface area contributed by atoms with E-state index in [-0.39, 0.29) is 4.88 Å². The molecule has 1 aliphatic heterocycles. The fourth-order valence-corrected chi connectivity index (χ4v) is 3.45. The van der Waals surface area contributed by atoms with E-state index in [1.165, 1.54) is 0 Å². The Morgan fingerprint density at radius 1 is 1.41 bits per heavy atom. The van der Waals surface area contributed by atoms with Gasteiger partial charge in [0.05, 0.1) is 13.2 Å². The molecule has 2 heterocycles. The van der Waals surface area contributed by atoms with Gasteiger partial charge in [-0.2, -0.15) is 0 Å². The fraction of sp³-hybridized carbons (Fsp3) is 0.545. The van der Waals surface area contributed by atoms with Gasteiger partial charge in [0.15, 0.2) is 11.6 Å². The lowest BCUT2D eigenvalue weighted by Crippen LogP contribution is -2.36. The van der Waals surface area contributed by atoms with Crippen molar-refractivity contribution in [1.29, 1.82) is 0 Å². The van der Waals surface area contributed by atoms with Gasteiger partial charge in [0.25, 0.3) is 0 Å². The number of aryl methyl sites for hydroxylation is 1. The van der Waals surface area contributed by atoms with Gasteiger partial charge < -0.3 is 14.6 Å². The highest BCUT2D eigenvalue weighted by Crippen LogP contribution is 2.40. The maximum absolute atomic E-state index is 13.9. The first-order valence-corrected chi connectivity index (χ1v) is 6.24. The monoisotopic (exact) mass is 258 g/mol. The Hall–Kier alpha value is -0.980. The zero-order valence-electron chi connectivity index (χ0n) is 8.99. The molecule has 17 heavy (non-hydrogen) atoms. The van der Waals surface area contributed by atoms with Crippen molar-refractivity contribution < 1.29 is 23.8 Å². The number of ether oxygens (including phenoxy) is 2. The van der Waals surface area contributed by atoms with E-state index >= 15 is 0 Å². The molecule has 1 N–H and O–H groups in total. The highest BCUT2D eigenvalue weighted by molar-refractivity contribution is 7.14. The smallest absolute Gasteiger partial charge is 0.348 e. The number of halogens is 1. The topological polar surface area (TPSA) is 55.8 Å². The summed E-state index contributed by atoms with van der Waals surface area (Å²) in [6, 6.07) is 0. The number of fused-ring (bicyclic) bond motifs is 1. The van der Waals surface area contributed by atoms with Crippen molar-refractivity contribution in [2.75, 3.05) is 13.2 Å². The molecule has 2 aliphatic rings. The van der Waals surface area contributed by atoms with Gasteiger partial charge in [-0.25, -0.2) is 9.18 Å². The minimum Gasteiger partial charge on any atom is -0.477 e. The van der Waals surface area contributed by atoms with E-state index in [0.717, 1.165) is 16.2 Å². The van der Waals surface area contributed by atoms with Gasteiger partial charge in [-0.3, -0.25) is 0 Å². The summed E-state index contributed by atoms with van der Waals surface area (Å²) in [5, 5.41) is 8.88. The molecule has 1 aromatic rings. The molecule has 0 saturated carbocycles. The summed E-state index contributed by atoms with van der Waals surface area (Å²) in [5.41, 5.74) is 0.459. The molecule has 0 bridgehead atoms. The SMILES string of the molecule is O=C(O)c1sc2c(c1F)CC1(CC2)OCCO1. The third kappa shape index (κ3) is 1.67. The van der Waals surface area contributed by atoms with Gasteiger partial charge in [0, 0.05) is 23.3 Å². The first-order chi connectivity index (χ1) is 8.11. The number of thiophene rings is 1. The fourth-order valence-electron chi connectivity index (χ4n) is 2.41. The van der Waals surface area contributed by atoms with Crippen molar-refractivity contribution >= 4 is 17.3 Å². The predicted octanol–water partition coefficient (Wildman–Crippen LogP) is 1.82. The van der Waals surface area contributed by atoms with E-state index in [4.69, 9.17) is 14.6 Å². The number of carbonyl (C=O) groups is 1. The van der Waals surface area contributed by atoms with E-state index < -0.39 is 17.6 Å². The van der Waals surface area contributed by atoms with Crippen LogP contribution >= 0.6 is 11.3 Å². The third-order valence-corrected chi connectivity index (χ3v) is 4.47. The second-order valence-electron chi connectivity index (χ2n) is 4.24. The van der Waals surface area contributed by atoms with Gasteiger partial charge in [-0.1, -0.05) is 0 Å². The summed E-state index contributed by atoms with van der Waals surface area (Å²) >= 11 is 1.03. The molecule has 4 nitrogen and oxygen atoms in total.